The van der Waals surface area contributed by atoms with Crippen molar-refractivity contribution in [3.8, 4) is 11.5 Å². The minimum atomic E-state index is -0.303. The van der Waals surface area contributed by atoms with Crippen LogP contribution >= 0.6 is 0 Å². The fourth-order valence-electron chi connectivity index (χ4n) is 3.18. The Balaban J connectivity index is 1.79. The summed E-state index contributed by atoms with van der Waals surface area (Å²) in [6, 6.07) is 12.8. The first-order valence-corrected chi connectivity index (χ1v) is 10.1. The number of carbonyl (C=O) groups is 2. The van der Waals surface area contributed by atoms with E-state index < -0.39 is 0 Å². The molecule has 0 radical (unpaired) electrons. The number of nitrogens with one attached hydrogen (secondary N) is 1. The van der Waals surface area contributed by atoms with E-state index >= 15 is 0 Å². The van der Waals surface area contributed by atoms with Crippen molar-refractivity contribution in [2.75, 3.05) is 18.9 Å². The third-order valence-electron chi connectivity index (χ3n) is 4.96. The van der Waals surface area contributed by atoms with Crippen LogP contribution in [0.3, 0.4) is 0 Å². The predicted molar refractivity (Wildman–Crippen MR) is 120 cm³/mol. The van der Waals surface area contributed by atoms with Crippen molar-refractivity contribution in [2.24, 2.45) is 0 Å². The van der Waals surface area contributed by atoms with E-state index in [0.29, 0.717) is 17.0 Å². The van der Waals surface area contributed by atoms with Crippen molar-refractivity contribution in [3.63, 3.8) is 0 Å². The molecule has 0 spiro atoms. The van der Waals surface area contributed by atoms with E-state index in [-0.39, 0.29) is 29.7 Å². The lowest BCUT2D eigenvalue weighted by Crippen LogP contribution is -2.35. The zero-order valence-corrected chi connectivity index (χ0v) is 18.8. The van der Waals surface area contributed by atoms with Crippen LogP contribution in [0.4, 0.5) is 5.69 Å². The van der Waals surface area contributed by atoms with Gasteiger partial charge in [0.15, 0.2) is 5.82 Å². The molecule has 0 fully saturated rings. The van der Waals surface area contributed by atoms with Crippen LogP contribution in [-0.2, 0) is 10.2 Å². The molecule has 0 unspecified atom stereocenters. The third-order valence-corrected chi connectivity index (χ3v) is 4.96. The first kappa shape index (κ1) is 22.2. The lowest BCUT2D eigenvalue weighted by Gasteiger charge is -2.19. The second-order valence-corrected chi connectivity index (χ2v) is 8.69. The number of amides is 2. The SMILES string of the molecule is Cc1cccc(C)c1NC(=O)CN(C)C(=O)c1ccccc1-c1nc(C(C)(C)C)no1. The zero-order valence-electron chi connectivity index (χ0n) is 18.8. The molecule has 2 aromatic carbocycles. The van der Waals surface area contributed by atoms with Crippen LogP contribution in [0.15, 0.2) is 47.0 Å². The van der Waals surface area contributed by atoms with Gasteiger partial charge in [-0.25, -0.2) is 0 Å². The monoisotopic (exact) mass is 420 g/mol. The first-order chi connectivity index (χ1) is 14.6. The molecule has 0 bridgehead atoms. The van der Waals surface area contributed by atoms with Gasteiger partial charge in [-0.2, -0.15) is 4.98 Å². The molecule has 1 N–H and O–H groups in total. The number of hydrogen-bond donors (Lipinski definition) is 1. The van der Waals surface area contributed by atoms with Gasteiger partial charge in [0.2, 0.25) is 5.91 Å². The second-order valence-electron chi connectivity index (χ2n) is 8.69. The molecule has 0 aliphatic rings. The van der Waals surface area contributed by atoms with Crippen molar-refractivity contribution < 1.29 is 14.1 Å². The van der Waals surface area contributed by atoms with E-state index in [4.69, 9.17) is 4.52 Å². The highest BCUT2D eigenvalue weighted by Crippen LogP contribution is 2.27. The topological polar surface area (TPSA) is 88.3 Å². The number of carbonyl (C=O) groups excluding carboxylic acids is 2. The molecule has 7 heteroatoms. The Morgan fingerprint density at radius 1 is 1.03 bits per heavy atom. The number of hydrogen-bond acceptors (Lipinski definition) is 5. The number of para-hydroxylation sites is 1. The molecule has 3 rings (SSSR count). The van der Waals surface area contributed by atoms with Gasteiger partial charge in [0.1, 0.15) is 0 Å². The summed E-state index contributed by atoms with van der Waals surface area (Å²) < 4.78 is 5.42. The number of nitrogens with zero attached hydrogens (tertiary/aromatic N) is 3. The van der Waals surface area contributed by atoms with Crippen molar-refractivity contribution in [3.05, 3.63) is 65.0 Å². The molecule has 1 heterocycles. The van der Waals surface area contributed by atoms with Crippen LogP contribution in [0.5, 0.6) is 0 Å². The molecule has 7 nitrogen and oxygen atoms in total. The van der Waals surface area contributed by atoms with E-state index in [1.54, 1.807) is 31.3 Å². The predicted octanol–water partition coefficient (Wildman–Crippen LogP) is 4.36. The van der Waals surface area contributed by atoms with Gasteiger partial charge in [-0.15, -0.1) is 0 Å². The number of rotatable bonds is 5. The largest absolute Gasteiger partial charge is 0.334 e. The molecular weight excluding hydrogens is 392 g/mol. The average Bonchev–Trinajstić information content (AvgIpc) is 3.21. The maximum atomic E-state index is 13.1. The zero-order chi connectivity index (χ0) is 22.8. The number of likely N-dealkylation sites (N-methyl/N-ethyl adjacent to an activating group) is 1. The van der Waals surface area contributed by atoms with Crippen LogP contribution in [0.2, 0.25) is 0 Å². The van der Waals surface area contributed by atoms with Crippen LogP contribution in [0.1, 0.15) is 48.1 Å². The summed E-state index contributed by atoms with van der Waals surface area (Å²) in [5.74, 6) is 0.273. The Morgan fingerprint density at radius 2 is 1.68 bits per heavy atom. The Hall–Kier alpha value is -3.48. The van der Waals surface area contributed by atoms with Gasteiger partial charge in [0.25, 0.3) is 11.8 Å². The summed E-state index contributed by atoms with van der Waals surface area (Å²) >= 11 is 0. The fourth-order valence-corrected chi connectivity index (χ4v) is 3.18. The minimum Gasteiger partial charge on any atom is -0.334 e. The molecular formula is C24H28N4O3. The summed E-state index contributed by atoms with van der Waals surface area (Å²) in [6.45, 7) is 9.75. The van der Waals surface area contributed by atoms with Crippen molar-refractivity contribution in [1.29, 1.82) is 0 Å². The van der Waals surface area contributed by atoms with Gasteiger partial charge < -0.3 is 14.7 Å². The van der Waals surface area contributed by atoms with Gasteiger partial charge >= 0.3 is 0 Å². The van der Waals surface area contributed by atoms with E-state index in [1.165, 1.54) is 4.90 Å². The Morgan fingerprint density at radius 3 is 2.29 bits per heavy atom. The van der Waals surface area contributed by atoms with Crippen molar-refractivity contribution in [1.82, 2.24) is 15.0 Å². The smallest absolute Gasteiger partial charge is 0.258 e. The summed E-state index contributed by atoms with van der Waals surface area (Å²) in [5, 5.41) is 6.95. The fraction of sp³-hybridized carbons (Fsp3) is 0.333. The highest BCUT2D eigenvalue weighted by molar-refractivity contribution is 6.03. The van der Waals surface area contributed by atoms with Crippen LogP contribution in [0, 0.1) is 13.8 Å². The Kier molecular flexibility index (Phi) is 6.24. The Bertz CT molecular complexity index is 1090. The number of aromatic nitrogens is 2. The van der Waals surface area contributed by atoms with Crippen LogP contribution in [-0.4, -0.2) is 40.4 Å². The number of benzene rings is 2. The normalized spacial score (nSPS) is 11.3. The molecule has 0 aliphatic heterocycles. The second kappa shape index (κ2) is 8.71. The summed E-state index contributed by atoms with van der Waals surface area (Å²) in [7, 11) is 1.60. The van der Waals surface area contributed by atoms with E-state index in [2.05, 4.69) is 15.5 Å². The van der Waals surface area contributed by atoms with Gasteiger partial charge in [-0.3, -0.25) is 9.59 Å². The average molecular weight is 421 g/mol. The van der Waals surface area contributed by atoms with E-state index in [1.807, 2.05) is 52.8 Å². The lowest BCUT2D eigenvalue weighted by atomic mass is 9.96. The standard InChI is InChI=1S/C24H28N4O3/c1-15-10-9-11-16(2)20(15)25-19(29)14-28(6)22(30)18-13-8-7-12-17(18)21-26-23(27-31-21)24(3,4)5/h7-13H,14H2,1-6H3,(H,25,29). The highest BCUT2D eigenvalue weighted by atomic mass is 16.5. The minimum absolute atomic E-state index is 0.0853. The molecule has 0 saturated heterocycles. The van der Waals surface area contributed by atoms with E-state index in [9.17, 15) is 9.59 Å². The molecule has 31 heavy (non-hydrogen) atoms. The lowest BCUT2D eigenvalue weighted by molar-refractivity contribution is -0.116. The summed E-state index contributed by atoms with van der Waals surface area (Å²) in [6.07, 6.45) is 0. The quantitative estimate of drug-likeness (QED) is 0.662. The van der Waals surface area contributed by atoms with Gasteiger partial charge in [-0.1, -0.05) is 56.3 Å². The van der Waals surface area contributed by atoms with Crippen LogP contribution < -0.4 is 5.32 Å². The highest BCUT2D eigenvalue weighted by Gasteiger charge is 2.25. The van der Waals surface area contributed by atoms with Crippen LogP contribution in [0.25, 0.3) is 11.5 Å². The molecule has 0 aliphatic carbocycles. The van der Waals surface area contributed by atoms with Gasteiger partial charge in [0.05, 0.1) is 17.7 Å². The van der Waals surface area contributed by atoms with Crippen molar-refractivity contribution >= 4 is 17.5 Å². The van der Waals surface area contributed by atoms with E-state index in [0.717, 1.165) is 16.8 Å². The number of aryl methyl sites for hydroxylation is 2. The Labute approximate surface area is 182 Å². The summed E-state index contributed by atoms with van der Waals surface area (Å²) in [5.41, 5.74) is 3.38. The molecule has 0 saturated carbocycles. The molecule has 3 aromatic rings. The third kappa shape index (κ3) is 4.99. The maximum Gasteiger partial charge on any atom is 0.258 e. The van der Waals surface area contributed by atoms with Gasteiger partial charge in [0, 0.05) is 18.2 Å². The maximum absolute atomic E-state index is 13.1. The molecule has 162 valence electrons. The number of anilines is 1. The molecule has 2 amide bonds. The summed E-state index contributed by atoms with van der Waals surface area (Å²) in [4.78, 5) is 31.5. The van der Waals surface area contributed by atoms with Crippen molar-refractivity contribution in [2.45, 2.75) is 40.0 Å². The molecule has 1 aromatic heterocycles. The molecule has 0 atom stereocenters. The van der Waals surface area contributed by atoms with Gasteiger partial charge in [-0.05, 0) is 37.1 Å². The first-order valence-electron chi connectivity index (χ1n) is 10.1.